The first-order chi connectivity index (χ1) is 16.0. The summed E-state index contributed by atoms with van der Waals surface area (Å²) in [5, 5.41) is 7.76. The largest absolute Gasteiger partial charge is 0.348 e. The van der Waals surface area contributed by atoms with Crippen molar-refractivity contribution in [1.82, 2.24) is 15.5 Å². The second-order valence-corrected chi connectivity index (χ2v) is 9.62. The van der Waals surface area contributed by atoms with Gasteiger partial charge in [0.25, 0.3) is 5.91 Å². The lowest BCUT2D eigenvalue weighted by atomic mass is 9.80. The van der Waals surface area contributed by atoms with E-state index in [-0.39, 0.29) is 24.4 Å². The van der Waals surface area contributed by atoms with Crippen LogP contribution in [0.25, 0.3) is 11.1 Å². The average molecular weight is 460 g/mol. The first-order valence-electron chi connectivity index (χ1n) is 11.1. The van der Waals surface area contributed by atoms with E-state index < -0.39 is 11.6 Å². The van der Waals surface area contributed by atoms with Crippen LogP contribution in [0.3, 0.4) is 0 Å². The Kier molecular flexibility index (Phi) is 5.50. The van der Waals surface area contributed by atoms with Gasteiger partial charge in [-0.15, -0.1) is 11.3 Å². The maximum atomic E-state index is 13.3. The number of nitrogens with one attached hydrogen (secondary N) is 2. The summed E-state index contributed by atoms with van der Waals surface area (Å²) >= 11 is 1.61. The van der Waals surface area contributed by atoms with Crippen LogP contribution in [-0.4, -0.2) is 29.3 Å². The second-order valence-electron chi connectivity index (χ2n) is 8.62. The lowest BCUT2D eigenvalue weighted by molar-refractivity contribution is -0.135. The van der Waals surface area contributed by atoms with Gasteiger partial charge in [0.15, 0.2) is 0 Å². The molecule has 1 aromatic heterocycles. The van der Waals surface area contributed by atoms with Crippen molar-refractivity contribution in [3.8, 4) is 11.1 Å². The van der Waals surface area contributed by atoms with Crippen LogP contribution in [0.2, 0.25) is 0 Å². The number of carbonyl (C=O) groups excluding carboxylic acids is 3. The molecule has 168 valence electrons. The first-order valence-corrected chi connectivity index (χ1v) is 12.0. The van der Waals surface area contributed by atoms with Crippen molar-refractivity contribution >= 4 is 29.2 Å². The summed E-state index contributed by atoms with van der Waals surface area (Å²) in [5.41, 5.74) is 3.04. The number of benzene rings is 2. The first kappa shape index (κ1) is 21.4. The van der Waals surface area contributed by atoms with Gasteiger partial charge in [0.1, 0.15) is 12.1 Å². The van der Waals surface area contributed by atoms with Gasteiger partial charge in [-0.3, -0.25) is 14.5 Å². The topological polar surface area (TPSA) is 78.5 Å². The van der Waals surface area contributed by atoms with E-state index in [1.807, 2.05) is 60.8 Å². The van der Waals surface area contributed by atoms with Crippen molar-refractivity contribution in [2.45, 2.75) is 37.8 Å². The molecule has 1 aliphatic heterocycles. The highest BCUT2D eigenvalue weighted by molar-refractivity contribution is 7.10. The highest BCUT2D eigenvalue weighted by Gasteiger charge is 2.54. The van der Waals surface area contributed by atoms with Crippen molar-refractivity contribution in [3.63, 3.8) is 0 Å². The molecule has 5 rings (SSSR count). The van der Waals surface area contributed by atoms with E-state index in [4.69, 9.17) is 0 Å². The van der Waals surface area contributed by atoms with Crippen LogP contribution >= 0.6 is 11.3 Å². The van der Waals surface area contributed by atoms with Crippen LogP contribution < -0.4 is 10.6 Å². The van der Waals surface area contributed by atoms with Crippen molar-refractivity contribution in [1.29, 1.82) is 0 Å². The van der Waals surface area contributed by atoms with Gasteiger partial charge in [-0.1, -0.05) is 54.6 Å². The molecule has 3 aromatic rings. The molecule has 0 unspecified atom stereocenters. The summed E-state index contributed by atoms with van der Waals surface area (Å²) in [7, 11) is 0. The molecule has 4 amide bonds. The molecule has 1 spiro atoms. The minimum atomic E-state index is -1.02. The summed E-state index contributed by atoms with van der Waals surface area (Å²) in [6, 6.07) is 19.3. The zero-order chi connectivity index (χ0) is 23.0. The van der Waals surface area contributed by atoms with E-state index in [1.165, 1.54) is 0 Å². The predicted molar refractivity (Wildman–Crippen MR) is 128 cm³/mol. The molecule has 0 saturated carbocycles. The highest BCUT2D eigenvalue weighted by atomic mass is 32.1. The molecule has 7 heteroatoms. The number of hydrogen-bond acceptors (Lipinski definition) is 4. The van der Waals surface area contributed by atoms with Gasteiger partial charge >= 0.3 is 6.03 Å². The smallest absolute Gasteiger partial charge is 0.325 e. The minimum Gasteiger partial charge on any atom is -0.348 e. The van der Waals surface area contributed by atoms with E-state index in [2.05, 4.69) is 22.8 Å². The summed E-state index contributed by atoms with van der Waals surface area (Å²) < 4.78 is 0. The monoisotopic (exact) mass is 459 g/mol. The normalized spacial score (nSPS) is 20.5. The average Bonchev–Trinajstić information content (AvgIpc) is 3.40. The molecular weight excluding hydrogens is 434 g/mol. The molecule has 1 fully saturated rings. The molecule has 6 nitrogen and oxygen atoms in total. The third-order valence-electron chi connectivity index (χ3n) is 6.53. The third-order valence-corrected chi connectivity index (χ3v) is 7.51. The molecule has 2 aliphatic rings. The molecule has 1 aliphatic carbocycles. The lowest BCUT2D eigenvalue weighted by Crippen LogP contribution is -2.47. The van der Waals surface area contributed by atoms with Gasteiger partial charge in [0.05, 0.1) is 6.04 Å². The Morgan fingerprint density at radius 3 is 2.58 bits per heavy atom. The molecule has 1 saturated heterocycles. The Balaban J connectivity index is 1.25. The van der Waals surface area contributed by atoms with E-state index in [1.54, 1.807) is 11.3 Å². The van der Waals surface area contributed by atoms with Crippen molar-refractivity contribution in [2.24, 2.45) is 0 Å². The second kappa shape index (κ2) is 8.48. The van der Waals surface area contributed by atoms with Crippen LogP contribution in [0.5, 0.6) is 0 Å². The van der Waals surface area contributed by atoms with Crippen LogP contribution in [-0.2, 0) is 21.5 Å². The number of carbonyl (C=O) groups is 3. The van der Waals surface area contributed by atoms with Crippen LogP contribution in [0.1, 0.15) is 41.8 Å². The fourth-order valence-corrected chi connectivity index (χ4v) is 5.79. The SMILES string of the molecule is C[C@@H](NC(=O)CN1C(=O)N[C@]2(CCCc3sccc32)C1=O)c1ccc(-c2ccccc2)cc1. The summed E-state index contributed by atoms with van der Waals surface area (Å²) in [6.07, 6.45) is 2.30. The quantitative estimate of drug-likeness (QED) is 0.556. The number of nitrogens with zero attached hydrogens (tertiary/aromatic N) is 1. The number of amides is 4. The fraction of sp³-hybridized carbons (Fsp3) is 0.269. The van der Waals surface area contributed by atoms with Gasteiger partial charge < -0.3 is 10.6 Å². The number of fused-ring (bicyclic) bond motifs is 2. The molecule has 2 N–H and O–H groups in total. The van der Waals surface area contributed by atoms with Crippen molar-refractivity contribution < 1.29 is 14.4 Å². The highest BCUT2D eigenvalue weighted by Crippen LogP contribution is 2.42. The Morgan fingerprint density at radius 2 is 1.82 bits per heavy atom. The summed E-state index contributed by atoms with van der Waals surface area (Å²) in [6.45, 7) is 1.60. The van der Waals surface area contributed by atoms with Crippen LogP contribution in [0.15, 0.2) is 66.0 Å². The molecule has 2 heterocycles. The molecule has 33 heavy (non-hydrogen) atoms. The van der Waals surface area contributed by atoms with E-state index in [0.29, 0.717) is 6.42 Å². The summed E-state index contributed by atoms with van der Waals surface area (Å²) in [4.78, 5) is 40.9. The zero-order valence-corrected chi connectivity index (χ0v) is 19.2. The maximum absolute atomic E-state index is 13.3. The summed E-state index contributed by atoms with van der Waals surface area (Å²) in [5.74, 6) is -0.696. The number of aryl methyl sites for hydroxylation is 1. The molecule has 2 aromatic carbocycles. The van der Waals surface area contributed by atoms with Gasteiger partial charge in [-0.25, -0.2) is 4.79 Å². The van der Waals surface area contributed by atoms with Crippen LogP contribution in [0.4, 0.5) is 4.79 Å². The van der Waals surface area contributed by atoms with E-state index in [9.17, 15) is 14.4 Å². The Bertz CT molecular complexity index is 1210. The Labute approximate surface area is 196 Å². The van der Waals surface area contributed by atoms with Gasteiger partial charge in [0, 0.05) is 10.4 Å². The maximum Gasteiger partial charge on any atom is 0.325 e. The third kappa shape index (κ3) is 3.82. The number of urea groups is 1. The molecule has 2 atom stereocenters. The molecule has 0 bridgehead atoms. The van der Waals surface area contributed by atoms with Crippen LogP contribution in [0, 0.1) is 0 Å². The number of imide groups is 1. The van der Waals surface area contributed by atoms with Crippen molar-refractivity contribution in [2.75, 3.05) is 6.54 Å². The number of rotatable bonds is 5. The van der Waals surface area contributed by atoms with E-state index in [0.717, 1.165) is 44.9 Å². The standard InChI is InChI=1S/C26H25N3O3S/c1-17(18-9-11-20(12-10-18)19-6-3-2-4-7-19)27-23(30)16-29-24(31)26(28-25(29)32)14-5-8-22-21(26)13-15-33-22/h2-4,6-7,9-13,15,17H,5,8,14,16H2,1H3,(H,27,30)(H,28,32)/t17-,26+/m1/s1. The van der Waals surface area contributed by atoms with Gasteiger partial charge in [-0.05, 0) is 54.3 Å². The molecule has 0 radical (unpaired) electrons. The van der Waals surface area contributed by atoms with Gasteiger partial charge in [-0.2, -0.15) is 0 Å². The predicted octanol–water partition coefficient (Wildman–Crippen LogP) is 4.38. The number of thiophene rings is 1. The fourth-order valence-electron chi connectivity index (χ4n) is 4.79. The zero-order valence-electron chi connectivity index (χ0n) is 18.3. The number of hydrogen-bond donors (Lipinski definition) is 2. The van der Waals surface area contributed by atoms with Crippen molar-refractivity contribution in [3.05, 3.63) is 82.0 Å². The van der Waals surface area contributed by atoms with E-state index >= 15 is 0 Å². The lowest BCUT2D eigenvalue weighted by Gasteiger charge is -2.31. The van der Waals surface area contributed by atoms with Gasteiger partial charge in [0.2, 0.25) is 5.91 Å². The minimum absolute atomic E-state index is 0.254. The molecular formula is C26H25N3O3S. The Hall–Kier alpha value is -3.45. The Morgan fingerprint density at radius 1 is 1.09 bits per heavy atom.